The van der Waals surface area contributed by atoms with Crippen LogP contribution >= 0.6 is 0 Å². The lowest BCUT2D eigenvalue weighted by atomic mass is 9.99. The van der Waals surface area contributed by atoms with E-state index in [2.05, 4.69) is 0 Å². The molecule has 2 rings (SSSR count). The van der Waals surface area contributed by atoms with Crippen LogP contribution in [0.3, 0.4) is 0 Å². The molecule has 1 aromatic carbocycles. The van der Waals surface area contributed by atoms with E-state index in [9.17, 15) is 19.5 Å². The van der Waals surface area contributed by atoms with E-state index in [0.29, 0.717) is 5.56 Å². The minimum absolute atomic E-state index is 0.298. The van der Waals surface area contributed by atoms with Crippen LogP contribution in [-0.4, -0.2) is 53.7 Å². The summed E-state index contributed by atoms with van der Waals surface area (Å²) < 4.78 is 20.9. The number of aliphatic hydroxyl groups is 1. The van der Waals surface area contributed by atoms with Crippen molar-refractivity contribution in [2.45, 2.75) is 51.5 Å². The summed E-state index contributed by atoms with van der Waals surface area (Å²) in [6, 6.07) is 8.22. The van der Waals surface area contributed by atoms with E-state index in [4.69, 9.17) is 18.9 Å². The van der Waals surface area contributed by atoms with E-state index in [1.807, 2.05) is 0 Å². The molecule has 0 bridgehead atoms. The van der Waals surface area contributed by atoms with Gasteiger partial charge in [-0.15, -0.1) is 0 Å². The SMILES string of the molecule is CC(=O)O[C@H]1[C@@H](OC(=O)c2ccccc2)[C@@H](C)O[C@H](O)[C@@H]1OC(C)=O. The molecule has 1 fully saturated rings. The summed E-state index contributed by atoms with van der Waals surface area (Å²) in [5.74, 6) is -2.03. The molecule has 0 aliphatic carbocycles. The Hall–Kier alpha value is -2.45. The highest BCUT2D eigenvalue weighted by Gasteiger charge is 2.50. The molecule has 0 amide bonds. The maximum atomic E-state index is 12.3. The van der Waals surface area contributed by atoms with Crippen LogP contribution in [0.1, 0.15) is 31.1 Å². The minimum Gasteiger partial charge on any atom is -0.454 e. The molecular formula is C17H20O8. The van der Waals surface area contributed by atoms with Crippen molar-refractivity contribution in [1.29, 1.82) is 0 Å². The Morgan fingerprint density at radius 1 is 0.920 bits per heavy atom. The summed E-state index contributed by atoms with van der Waals surface area (Å²) in [5, 5.41) is 10.0. The minimum atomic E-state index is -1.52. The molecule has 8 nitrogen and oxygen atoms in total. The monoisotopic (exact) mass is 352 g/mol. The van der Waals surface area contributed by atoms with Crippen molar-refractivity contribution in [1.82, 2.24) is 0 Å². The molecule has 1 aliphatic rings. The zero-order valence-electron chi connectivity index (χ0n) is 14.1. The molecule has 1 saturated heterocycles. The molecule has 1 heterocycles. The number of benzene rings is 1. The third-order valence-corrected chi connectivity index (χ3v) is 3.60. The predicted molar refractivity (Wildman–Crippen MR) is 83.3 cm³/mol. The fourth-order valence-electron chi connectivity index (χ4n) is 2.56. The fourth-order valence-corrected chi connectivity index (χ4v) is 2.56. The van der Waals surface area contributed by atoms with Crippen molar-refractivity contribution in [2.75, 3.05) is 0 Å². The standard InChI is InChI=1S/C17H20O8/c1-9-13(25-16(20)12-7-5-4-6-8-12)14(23-10(2)18)15(17(21)22-9)24-11(3)19/h4-9,13-15,17,21H,1-3H3/t9-,13+,14+,15-,17+/m1/s1. The lowest BCUT2D eigenvalue weighted by molar-refractivity contribution is -0.284. The maximum absolute atomic E-state index is 12.3. The van der Waals surface area contributed by atoms with Crippen LogP contribution in [0.2, 0.25) is 0 Å². The summed E-state index contributed by atoms with van der Waals surface area (Å²) in [4.78, 5) is 35.0. The maximum Gasteiger partial charge on any atom is 0.338 e. The summed E-state index contributed by atoms with van der Waals surface area (Å²) in [5.41, 5.74) is 0.298. The van der Waals surface area contributed by atoms with Crippen molar-refractivity contribution in [3.8, 4) is 0 Å². The Morgan fingerprint density at radius 3 is 2.04 bits per heavy atom. The Bertz CT molecular complexity index is 629. The first kappa shape index (κ1) is 18.9. The van der Waals surface area contributed by atoms with Gasteiger partial charge in [0, 0.05) is 13.8 Å². The molecular weight excluding hydrogens is 332 g/mol. The van der Waals surface area contributed by atoms with E-state index in [0.717, 1.165) is 13.8 Å². The number of hydrogen-bond acceptors (Lipinski definition) is 8. The van der Waals surface area contributed by atoms with E-state index in [1.165, 1.54) is 0 Å². The fraction of sp³-hybridized carbons (Fsp3) is 0.471. The zero-order chi connectivity index (χ0) is 18.6. The molecule has 0 spiro atoms. The molecule has 5 atom stereocenters. The molecule has 136 valence electrons. The first-order chi connectivity index (χ1) is 11.8. The summed E-state index contributed by atoms with van der Waals surface area (Å²) in [6.07, 6.45) is -5.89. The molecule has 8 heteroatoms. The highest BCUT2D eigenvalue weighted by molar-refractivity contribution is 5.89. The summed E-state index contributed by atoms with van der Waals surface area (Å²) in [7, 11) is 0. The van der Waals surface area contributed by atoms with Gasteiger partial charge in [0.1, 0.15) is 0 Å². The largest absolute Gasteiger partial charge is 0.454 e. The average Bonchev–Trinajstić information content (AvgIpc) is 2.54. The Morgan fingerprint density at radius 2 is 1.48 bits per heavy atom. The molecule has 0 radical (unpaired) electrons. The quantitative estimate of drug-likeness (QED) is 0.626. The topological polar surface area (TPSA) is 108 Å². The van der Waals surface area contributed by atoms with Crippen LogP contribution in [-0.2, 0) is 28.5 Å². The number of rotatable bonds is 4. The van der Waals surface area contributed by atoms with Crippen LogP contribution in [0.25, 0.3) is 0 Å². The number of aliphatic hydroxyl groups excluding tert-OH is 1. The van der Waals surface area contributed by atoms with Crippen molar-refractivity contribution >= 4 is 17.9 Å². The van der Waals surface area contributed by atoms with Gasteiger partial charge < -0.3 is 24.1 Å². The average molecular weight is 352 g/mol. The van der Waals surface area contributed by atoms with Gasteiger partial charge in [-0.1, -0.05) is 18.2 Å². The molecule has 0 aromatic heterocycles. The smallest absolute Gasteiger partial charge is 0.338 e. The van der Waals surface area contributed by atoms with Gasteiger partial charge in [-0.2, -0.15) is 0 Å². The third-order valence-electron chi connectivity index (χ3n) is 3.60. The lowest BCUT2D eigenvalue weighted by Gasteiger charge is -2.41. The first-order valence-corrected chi connectivity index (χ1v) is 7.73. The van der Waals surface area contributed by atoms with Crippen LogP contribution in [0.4, 0.5) is 0 Å². The Kier molecular flexibility index (Phi) is 6.11. The van der Waals surface area contributed by atoms with Gasteiger partial charge in [0.05, 0.1) is 11.7 Å². The van der Waals surface area contributed by atoms with Crippen molar-refractivity contribution in [2.24, 2.45) is 0 Å². The number of ether oxygens (including phenoxy) is 4. The van der Waals surface area contributed by atoms with Gasteiger partial charge in [0.2, 0.25) is 0 Å². The van der Waals surface area contributed by atoms with Crippen molar-refractivity contribution < 1.29 is 38.4 Å². The van der Waals surface area contributed by atoms with Gasteiger partial charge in [0.25, 0.3) is 0 Å². The summed E-state index contributed by atoms with van der Waals surface area (Å²) >= 11 is 0. The molecule has 1 aliphatic heterocycles. The normalized spacial score (nSPS) is 28.7. The van der Waals surface area contributed by atoms with Crippen LogP contribution in [0.15, 0.2) is 30.3 Å². The van der Waals surface area contributed by atoms with E-state index >= 15 is 0 Å². The van der Waals surface area contributed by atoms with Gasteiger partial charge >= 0.3 is 17.9 Å². The number of carbonyl (C=O) groups excluding carboxylic acids is 3. The molecule has 0 saturated carbocycles. The molecule has 0 unspecified atom stereocenters. The molecule has 1 N–H and O–H groups in total. The predicted octanol–water partition coefficient (Wildman–Crippen LogP) is 0.812. The van der Waals surface area contributed by atoms with Crippen LogP contribution in [0, 0.1) is 0 Å². The van der Waals surface area contributed by atoms with Gasteiger partial charge in [0.15, 0.2) is 24.6 Å². The van der Waals surface area contributed by atoms with Gasteiger partial charge in [-0.3, -0.25) is 9.59 Å². The zero-order valence-corrected chi connectivity index (χ0v) is 14.1. The molecule has 1 aromatic rings. The summed E-state index contributed by atoms with van der Waals surface area (Å²) in [6.45, 7) is 3.85. The molecule has 25 heavy (non-hydrogen) atoms. The van der Waals surface area contributed by atoms with Gasteiger partial charge in [-0.25, -0.2) is 4.79 Å². The van der Waals surface area contributed by atoms with E-state index in [-0.39, 0.29) is 0 Å². The lowest BCUT2D eigenvalue weighted by Crippen LogP contribution is -2.60. The second kappa shape index (κ2) is 8.09. The second-order valence-corrected chi connectivity index (χ2v) is 5.62. The second-order valence-electron chi connectivity index (χ2n) is 5.62. The highest BCUT2D eigenvalue weighted by Crippen LogP contribution is 2.28. The number of esters is 3. The third kappa shape index (κ3) is 4.77. The van der Waals surface area contributed by atoms with Crippen LogP contribution in [0.5, 0.6) is 0 Å². The van der Waals surface area contributed by atoms with Crippen molar-refractivity contribution in [3.63, 3.8) is 0 Å². The highest BCUT2D eigenvalue weighted by atomic mass is 16.7. The number of hydrogen-bond donors (Lipinski definition) is 1. The van der Waals surface area contributed by atoms with Crippen molar-refractivity contribution in [3.05, 3.63) is 35.9 Å². The number of carbonyl (C=O) groups is 3. The Labute approximate surface area is 144 Å². The first-order valence-electron chi connectivity index (χ1n) is 7.73. The van der Waals surface area contributed by atoms with E-state index < -0.39 is 48.6 Å². The van der Waals surface area contributed by atoms with E-state index in [1.54, 1.807) is 37.3 Å². The van der Waals surface area contributed by atoms with Crippen LogP contribution < -0.4 is 0 Å². The van der Waals surface area contributed by atoms with Gasteiger partial charge in [-0.05, 0) is 19.1 Å². The Balaban J connectivity index is 2.25.